The zero-order valence-electron chi connectivity index (χ0n) is 12.0. The van der Waals surface area contributed by atoms with Crippen LogP contribution < -0.4 is 5.32 Å². The molecule has 0 spiro atoms. The first-order valence-electron chi connectivity index (χ1n) is 6.29. The summed E-state index contributed by atoms with van der Waals surface area (Å²) in [6.45, 7) is 6.78. The van der Waals surface area contributed by atoms with E-state index in [1.807, 2.05) is 0 Å². The molecule has 0 aliphatic heterocycles. The minimum atomic E-state index is -1.29. The lowest BCUT2D eigenvalue weighted by atomic mass is 10.0. The van der Waals surface area contributed by atoms with Gasteiger partial charge in [0.05, 0.1) is 0 Å². The smallest absolute Gasteiger partial charge is 0.329 e. The van der Waals surface area contributed by atoms with E-state index < -0.39 is 17.5 Å². The van der Waals surface area contributed by atoms with E-state index >= 15 is 0 Å². The molecule has 1 aromatic rings. The number of anilines is 1. The standard InChI is InChI=1S/C14H19ClN2O3/c1-5-17(14(3,4)12(18)19)13(20)16-11-8-6-7-10(15)9(11)2/h6-8H,5H2,1-4H3,(H,16,20)(H,18,19). The zero-order chi connectivity index (χ0) is 15.5. The molecule has 0 unspecified atom stereocenters. The van der Waals surface area contributed by atoms with Gasteiger partial charge in [-0.05, 0) is 45.4 Å². The van der Waals surface area contributed by atoms with Crippen molar-refractivity contribution in [3.05, 3.63) is 28.8 Å². The number of amides is 2. The van der Waals surface area contributed by atoms with Crippen LogP contribution in [0.25, 0.3) is 0 Å². The van der Waals surface area contributed by atoms with Crippen molar-refractivity contribution in [2.75, 3.05) is 11.9 Å². The predicted molar refractivity (Wildman–Crippen MR) is 79.3 cm³/mol. The van der Waals surface area contributed by atoms with E-state index in [4.69, 9.17) is 11.6 Å². The molecule has 0 aromatic heterocycles. The second-order valence-electron chi connectivity index (χ2n) is 4.95. The van der Waals surface area contributed by atoms with Crippen LogP contribution in [0, 0.1) is 6.92 Å². The monoisotopic (exact) mass is 298 g/mol. The maximum Gasteiger partial charge on any atom is 0.329 e. The van der Waals surface area contributed by atoms with E-state index in [-0.39, 0.29) is 6.54 Å². The molecule has 0 aliphatic carbocycles. The maximum absolute atomic E-state index is 12.3. The Morgan fingerprint density at radius 2 is 2.00 bits per heavy atom. The summed E-state index contributed by atoms with van der Waals surface area (Å²) in [5.74, 6) is -1.06. The van der Waals surface area contributed by atoms with E-state index in [0.717, 1.165) is 5.56 Å². The summed E-state index contributed by atoms with van der Waals surface area (Å²) in [5, 5.41) is 12.5. The Kier molecular flexibility index (Phi) is 5.00. The van der Waals surface area contributed by atoms with Gasteiger partial charge in [-0.25, -0.2) is 9.59 Å². The quantitative estimate of drug-likeness (QED) is 0.895. The van der Waals surface area contributed by atoms with Crippen molar-refractivity contribution in [2.24, 2.45) is 0 Å². The Hall–Kier alpha value is -1.75. The summed E-state index contributed by atoms with van der Waals surface area (Å²) in [6.07, 6.45) is 0. The normalized spacial score (nSPS) is 11.1. The Labute approximate surface area is 123 Å². The Morgan fingerprint density at radius 1 is 1.40 bits per heavy atom. The van der Waals surface area contributed by atoms with Gasteiger partial charge in [-0.1, -0.05) is 17.7 Å². The van der Waals surface area contributed by atoms with Gasteiger partial charge in [0.25, 0.3) is 0 Å². The average Bonchev–Trinajstić information content (AvgIpc) is 2.35. The van der Waals surface area contributed by atoms with Crippen LogP contribution in [0.2, 0.25) is 5.02 Å². The van der Waals surface area contributed by atoms with Crippen LogP contribution in [0.3, 0.4) is 0 Å². The zero-order valence-corrected chi connectivity index (χ0v) is 12.8. The Morgan fingerprint density at radius 3 is 2.50 bits per heavy atom. The molecule has 5 nitrogen and oxygen atoms in total. The number of carbonyl (C=O) groups is 2. The number of carboxylic acid groups (broad SMARTS) is 1. The number of carboxylic acids is 1. The van der Waals surface area contributed by atoms with Crippen molar-refractivity contribution in [3.63, 3.8) is 0 Å². The number of halogens is 1. The van der Waals surface area contributed by atoms with Gasteiger partial charge in [0.2, 0.25) is 0 Å². The third kappa shape index (κ3) is 3.22. The highest BCUT2D eigenvalue weighted by Crippen LogP contribution is 2.24. The number of hydrogen-bond acceptors (Lipinski definition) is 2. The number of aliphatic carboxylic acids is 1. The first kappa shape index (κ1) is 16.3. The van der Waals surface area contributed by atoms with Crippen LogP contribution in [0.4, 0.5) is 10.5 Å². The summed E-state index contributed by atoms with van der Waals surface area (Å²) in [4.78, 5) is 24.8. The lowest BCUT2D eigenvalue weighted by molar-refractivity contribution is -0.147. The highest BCUT2D eigenvalue weighted by atomic mass is 35.5. The average molecular weight is 299 g/mol. The number of likely N-dealkylation sites (N-methyl/N-ethyl adjacent to an activating group) is 1. The van der Waals surface area contributed by atoms with E-state index in [9.17, 15) is 14.7 Å². The predicted octanol–water partition coefficient (Wildman–Crippen LogP) is 3.37. The molecule has 6 heteroatoms. The highest BCUT2D eigenvalue weighted by Gasteiger charge is 2.37. The molecule has 0 saturated heterocycles. The van der Waals surface area contributed by atoms with Crippen molar-refractivity contribution in [2.45, 2.75) is 33.2 Å². The van der Waals surface area contributed by atoms with Gasteiger partial charge < -0.3 is 15.3 Å². The molecule has 0 heterocycles. The number of nitrogens with zero attached hydrogens (tertiary/aromatic N) is 1. The Bertz CT molecular complexity index is 529. The fraction of sp³-hybridized carbons (Fsp3) is 0.429. The molecule has 0 radical (unpaired) electrons. The van der Waals surface area contributed by atoms with Crippen molar-refractivity contribution < 1.29 is 14.7 Å². The lowest BCUT2D eigenvalue weighted by Crippen LogP contribution is -2.54. The SMILES string of the molecule is CCN(C(=O)Nc1cccc(Cl)c1C)C(C)(C)C(=O)O. The molecule has 2 amide bonds. The lowest BCUT2D eigenvalue weighted by Gasteiger charge is -2.34. The van der Waals surface area contributed by atoms with Crippen LogP contribution in [-0.2, 0) is 4.79 Å². The minimum Gasteiger partial charge on any atom is -0.480 e. The molecule has 20 heavy (non-hydrogen) atoms. The Balaban J connectivity index is 3.00. The molecule has 0 bridgehead atoms. The molecule has 0 saturated carbocycles. The molecule has 1 rings (SSSR count). The maximum atomic E-state index is 12.3. The van der Waals surface area contributed by atoms with Gasteiger partial charge >= 0.3 is 12.0 Å². The topological polar surface area (TPSA) is 69.6 Å². The first-order valence-corrected chi connectivity index (χ1v) is 6.66. The van der Waals surface area contributed by atoms with Gasteiger partial charge in [0.1, 0.15) is 5.54 Å². The molecule has 1 aromatic carbocycles. The van der Waals surface area contributed by atoms with E-state index in [1.54, 1.807) is 32.0 Å². The number of rotatable bonds is 4. The van der Waals surface area contributed by atoms with E-state index in [1.165, 1.54) is 18.7 Å². The number of benzene rings is 1. The minimum absolute atomic E-state index is 0.282. The largest absolute Gasteiger partial charge is 0.480 e. The highest BCUT2D eigenvalue weighted by molar-refractivity contribution is 6.31. The van der Waals surface area contributed by atoms with Gasteiger partial charge in [-0.2, -0.15) is 0 Å². The number of hydrogen-bond donors (Lipinski definition) is 2. The van der Waals surface area contributed by atoms with Crippen molar-refractivity contribution in [1.29, 1.82) is 0 Å². The molecule has 0 aliphatic rings. The van der Waals surface area contributed by atoms with E-state index in [2.05, 4.69) is 5.32 Å². The van der Waals surface area contributed by atoms with Crippen LogP contribution in [0.15, 0.2) is 18.2 Å². The van der Waals surface area contributed by atoms with Crippen molar-refractivity contribution in [3.8, 4) is 0 Å². The second kappa shape index (κ2) is 6.13. The summed E-state index contributed by atoms with van der Waals surface area (Å²) in [7, 11) is 0. The van der Waals surface area contributed by atoms with Crippen LogP contribution >= 0.6 is 11.6 Å². The summed E-state index contributed by atoms with van der Waals surface area (Å²) >= 11 is 5.99. The third-order valence-electron chi connectivity index (χ3n) is 3.27. The van der Waals surface area contributed by atoms with Gasteiger partial charge in [-0.15, -0.1) is 0 Å². The molecule has 0 atom stereocenters. The summed E-state index contributed by atoms with van der Waals surface area (Å²) in [5.41, 5.74) is 0.0273. The van der Waals surface area contributed by atoms with Crippen LogP contribution in [0.5, 0.6) is 0 Å². The summed E-state index contributed by atoms with van der Waals surface area (Å²) < 4.78 is 0. The molecule has 0 fully saturated rings. The molecule has 2 N–H and O–H groups in total. The van der Waals surface area contributed by atoms with Crippen LogP contribution in [0.1, 0.15) is 26.3 Å². The van der Waals surface area contributed by atoms with Crippen LogP contribution in [-0.4, -0.2) is 34.1 Å². The van der Waals surface area contributed by atoms with E-state index in [0.29, 0.717) is 10.7 Å². The second-order valence-corrected chi connectivity index (χ2v) is 5.36. The number of urea groups is 1. The summed E-state index contributed by atoms with van der Waals surface area (Å²) in [6, 6.07) is 4.71. The molecular weight excluding hydrogens is 280 g/mol. The molecule has 110 valence electrons. The third-order valence-corrected chi connectivity index (χ3v) is 3.68. The van der Waals surface area contributed by atoms with Crippen molar-refractivity contribution in [1.82, 2.24) is 4.90 Å². The number of carbonyl (C=O) groups excluding carboxylic acids is 1. The number of nitrogens with one attached hydrogen (secondary N) is 1. The fourth-order valence-electron chi connectivity index (χ4n) is 1.83. The van der Waals surface area contributed by atoms with Crippen molar-refractivity contribution >= 4 is 29.3 Å². The van der Waals surface area contributed by atoms with Gasteiger partial charge in [0, 0.05) is 17.3 Å². The van der Waals surface area contributed by atoms with Gasteiger partial charge in [0.15, 0.2) is 0 Å². The fourth-order valence-corrected chi connectivity index (χ4v) is 2.01. The first-order chi connectivity index (χ1) is 9.21. The molecular formula is C14H19ClN2O3. The van der Waals surface area contributed by atoms with Gasteiger partial charge in [-0.3, -0.25) is 0 Å².